The van der Waals surface area contributed by atoms with Gasteiger partial charge in [0.1, 0.15) is 0 Å². The minimum Gasteiger partial charge on any atom is -0.373 e. The Hall–Kier alpha value is -0.810. The quantitative estimate of drug-likeness (QED) is 0.581. The predicted molar refractivity (Wildman–Crippen MR) is 97.0 cm³/mol. The van der Waals surface area contributed by atoms with Crippen LogP contribution in [-0.4, -0.2) is 61.8 Å². The first-order valence-corrected chi connectivity index (χ1v) is 9.42. The molecule has 134 valence electrons. The molecule has 2 aliphatic rings. The van der Waals surface area contributed by atoms with E-state index in [2.05, 4.69) is 43.2 Å². The summed E-state index contributed by atoms with van der Waals surface area (Å²) in [5.74, 6) is 1.80. The van der Waals surface area contributed by atoms with Crippen molar-refractivity contribution in [1.82, 2.24) is 15.5 Å². The molecular formula is C18H36N4O. The topological polar surface area (TPSA) is 48.9 Å². The van der Waals surface area contributed by atoms with Gasteiger partial charge in [0.25, 0.3) is 0 Å². The molecule has 0 saturated carbocycles. The predicted octanol–water partition coefficient (Wildman–Crippen LogP) is 2.23. The molecule has 2 atom stereocenters. The van der Waals surface area contributed by atoms with Crippen molar-refractivity contribution in [3.05, 3.63) is 0 Å². The van der Waals surface area contributed by atoms with E-state index in [0.717, 1.165) is 51.0 Å². The van der Waals surface area contributed by atoms with Crippen LogP contribution in [0.1, 0.15) is 53.4 Å². The van der Waals surface area contributed by atoms with Gasteiger partial charge in [-0.3, -0.25) is 9.89 Å². The summed E-state index contributed by atoms with van der Waals surface area (Å²) >= 11 is 0. The van der Waals surface area contributed by atoms with Crippen LogP contribution in [0.25, 0.3) is 0 Å². The molecule has 2 unspecified atom stereocenters. The molecule has 5 nitrogen and oxygen atoms in total. The Morgan fingerprint density at radius 1 is 1.35 bits per heavy atom. The maximum atomic E-state index is 5.83. The van der Waals surface area contributed by atoms with Gasteiger partial charge in [-0.25, -0.2) is 0 Å². The fourth-order valence-corrected chi connectivity index (χ4v) is 3.39. The SMILES string of the molecule is CCNC(=NCC1(C)CCCO1)NCC(C)N1CCC(C)CC1. The highest BCUT2D eigenvalue weighted by atomic mass is 16.5. The number of nitrogens with zero attached hydrogens (tertiary/aromatic N) is 2. The smallest absolute Gasteiger partial charge is 0.191 e. The van der Waals surface area contributed by atoms with Crippen LogP contribution >= 0.6 is 0 Å². The molecule has 2 aliphatic heterocycles. The van der Waals surface area contributed by atoms with Gasteiger partial charge in [-0.2, -0.15) is 0 Å². The Kier molecular flexibility index (Phi) is 7.15. The van der Waals surface area contributed by atoms with E-state index in [4.69, 9.17) is 9.73 Å². The molecule has 5 heteroatoms. The lowest BCUT2D eigenvalue weighted by molar-refractivity contribution is 0.0283. The first-order valence-electron chi connectivity index (χ1n) is 9.42. The summed E-state index contributed by atoms with van der Waals surface area (Å²) in [5, 5.41) is 6.87. The third-order valence-corrected chi connectivity index (χ3v) is 5.22. The van der Waals surface area contributed by atoms with Gasteiger partial charge >= 0.3 is 0 Å². The summed E-state index contributed by atoms with van der Waals surface area (Å²) in [6.45, 7) is 14.9. The fourth-order valence-electron chi connectivity index (χ4n) is 3.39. The van der Waals surface area contributed by atoms with E-state index < -0.39 is 0 Å². The van der Waals surface area contributed by atoms with Crippen LogP contribution in [0, 0.1) is 5.92 Å². The molecule has 0 spiro atoms. The monoisotopic (exact) mass is 324 g/mol. The summed E-state index contributed by atoms with van der Waals surface area (Å²) in [6, 6.07) is 0.546. The lowest BCUT2D eigenvalue weighted by Gasteiger charge is -2.35. The van der Waals surface area contributed by atoms with E-state index >= 15 is 0 Å². The van der Waals surface area contributed by atoms with Gasteiger partial charge in [-0.1, -0.05) is 6.92 Å². The summed E-state index contributed by atoms with van der Waals surface area (Å²) in [7, 11) is 0. The number of rotatable bonds is 6. The van der Waals surface area contributed by atoms with Crippen LogP contribution in [0.15, 0.2) is 4.99 Å². The van der Waals surface area contributed by atoms with Gasteiger partial charge in [-0.15, -0.1) is 0 Å². The zero-order valence-corrected chi connectivity index (χ0v) is 15.5. The van der Waals surface area contributed by atoms with Gasteiger partial charge in [0, 0.05) is 25.7 Å². The molecule has 0 radical (unpaired) electrons. The van der Waals surface area contributed by atoms with E-state index in [1.54, 1.807) is 0 Å². The molecule has 2 rings (SSSR count). The van der Waals surface area contributed by atoms with Gasteiger partial charge < -0.3 is 15.4 Å². The summed E-state index contributed by atoms with van der Waals surface area (Å²) in [4.78, 5) is 7.34. The Morgan fingerprint density at radius 2 is 2.09 bits per heavy atom. The minimum absolute atomic E-state index is 0.0724. The van der Waals surface area contributed by atoms with Crippen molar-refractivity contribution in [2.75, 3.05) is 39.3 Å². The number of aliphatic imine (C=N–C) groups is 1. The van der Waals surface area contributed by atoms with Crippen LogP contribution in [0.3, 0.4) is 0 Å². The molecule has 2 N–H and O–H groups in total. The third kappa shape index (κ3) is 5.96. The first-order chi connectivity index (χ1) is 11.0. The lowest BCUT2D eigenvalue weighted by Crippen LogP contribution is -2.48. The van der Waals surface area contributed by atoms with E-state index in [-0.39, 0.29) is 5.60 Å². The van der Waals surface area contributed by atoms with Crippen molar-refractivity contribution in [3.8, 4) is 0 Å². The standard InChI is InChI=1S/C18H36N4O/c1-5-19-17(21-14-18(4)9-6-12-23-18)20-13-16(3)22-10-7-15(2)8-11-22/h15-16H,5-14H2,1-4H3,(H2,19,20,21). The number of ether oxygens (including phenoxy) is 1. The third-order valence-electron chi connectivity index (χ3n) is 5.22. The second kappa shape index (κ2) is 8.88. The van der Waals surface area contributed by atoms with E-state index in [1.165, 1.54) is 25.9 Å². The summed E-state index contributed by atoms with van der Waals surface area (Å²) in [5.41, 5.74) is -0.0724. The average Bonchev–Trinajstić information content (AvgIpc) is 2.97. The van der Waals surface area contributed by atoms with Crippen LogP contribution < -0.4 is 10.6 Å². The van der Waals surface area contributed by atoms with Crippen molar-refractivity contribution < 1.29 is 4.74 Å². The van der Waals surface area contributed by atoms with Crippen molar-refractivity contribution in [3.63, 3.8) is 0 Å². The maximum Gasteiger partial charge on any atom is 0.191 e. The zero-order valence-electron chi connectivity index (χ0n) is 15.5. The summed E-state index contributed by atoms with van der Waals surface area (Å²) < 4.78 is 5.83. The van der Waals surface area contributed by atoms with Crippen molar-refractivity contribution in [2.45, 2.75) is 65.0 Å². The molecule has 0 aromatic rings. The molecule has 2 fully saturated rings. The molecule has 0 aromatic heterocycles. The minimum atomic E-state index is -0.0724. The first kappa shape index (κ1) is 18.5. The zero-order chi connectivity index (χ0) is 16.7. The van der Waals surface area contributed by atoms with Crippen LogP contribution in [0.2, 0.25) is 0 Å². The number of hydrogen-bond acceptors (Lipinski definition) is 3. The Balaban J connectivity index is 1.79. The largest absolute Gasteiger partial charge is 0.373 e. The average molecular weight is 325 g/mol. The molecular weight excluding hydrogens is 288 g/mol. The maximum absolute atomic E-state index is 5.83. The number of guanidine groups is 1. The molecule has 2 heterocycles. The van der Waals surface area contributed by atoms with Crippen LogP contribution in [0.5, 0.6) is 0 Å². The normalized spacial score (nSPS) is 28.8. The van der Waals surface area contributed by atoms with Crippen molar-refractivity contribution in [1.29, 1.82) is 0 Å². The highest BCUT2D eigenvalue weighted by molar-refractivity contribution is 5.79. The number of nitrogens with one attached hydrogen (secondary N) is 2. The Morgan fingerprint density at radius 3 is 2.70 bits per heavy atom. The Labute approximate surface area is 142 Å². The second-order valence-electron chi connectivity index (χ2n) is 7.55. The fraction of sp³-hybridized carbons (Fsp3) is 0.944. The molecule has 0 bridgehead atoms. The van der Waals surface area contributed by atoms with E-state index in [9.17, 15) is 0 Å². The van der Waals surface area contributed by atoms with Crippen LogP contribution in [0.4, 0.5) is 0 Å². The Bertz CT molecular complexity index is 371. The van der Waals surface area contributed by atoms with Gasteiger partial charge in [0.2, 0.25) is 0 Å². The van der Waals surface area contributed by atoms with Crippen molar-refractivity contribution >= 4 is 5.96 Å². The van der Waals surface area contributed by atoms with Crippen LogP contribution in [-0.2, 0) is 4.74 Å². The van der Waals surface area contributed by atoms with Gasteiger partial charge in [-0.05, 0) is 65.5 Å². The van der Waals surface area contributed by atoms with Gasteiger partial charge in [0.05, 0.1) is 12.1 Å². The molecule has 2 saturated heterocycles. The van der Waals surface area contributed by atoms with E-state index in [0.29, 0.717) is 6.04 Å². The number of piperidine rings is 1. The lowest BCUT2D eigenvalue weighted by atomic mass is 9.98. The highest BCUT2D eigenvalue weighted by Crippen LogP contribution is 2.25. The molecule has 0 amide bonds. The van der Waals surface area contributed by atoms with E-state index in [1.807, 2.05) is 0 Å². The summed E-state index contributed by atoms with van der Waals surface area (Å²) in [6.07, 6.45) is 4.92. The molecule has 23 heavy (non-hydrogen) atoms. The molecule has 0 aliphatic carbocycles. The second-order valence-corrected chi connectivity index (χ2v) is 7.55. The number of hydrogen-bond donors (Lipinski definition) is 2. The van der Waals surface area contributed by atoms with Gasteiger partial charge in [0.15, 0.2) is 5.96 Å². The van der Waals surface area contributed by atoms with Crippen molar-refractivity contribution in [2.24, 2.45) is 10.9 Å². The number of likely N-dealkylation sites (tertiary alicyclic amines) is 1. The highest BCUT2D eigenvalue weighted by Gasteiger charge is 2.29. The molecule has 0 aromatic carbocycles.